The van der Waals surface area contributed by atoms with Crippen LogP contribution in [0.1, 0.15) is 6.42 Å². The Bertz CT molecular complexity index is 509. The lowest BCUT2D eigenvalue weighted by molar-refractivity contribution is 0.191. The zero-order valence-electron chi connectivity index (χ0n) is 10.0. The number of methoxy groups -OCH3 is 2. The van der Waals surface area contributed by atoms with Crippen LogP contribution in [-0.4, -0.2) is 35.4 Å². The molecule has 0 aromatic carbocycles. The molecule has 0 saturated carbocycles. The van der Waals surface area contributed by atoms with E-state index >= 15 is 0 Å². The number of imidazole rings is 1. The minimum Gasteiger partial charge on any atom is -0.481 e. The molecule has 92 valence electrons. The largest absolute Gasteiger partial charge is 0.481 e. The molecule has 2 aromatic rings. The maximum absolute atomic E-state index is 5.86. The van der Waals surface area contributed by atoms with E-state index in [9.17, 15) is 0 Å². The van der Waals surface area contributed by atoms with Crippen LogP contribution in [0, 0.1) is 0 Å². The Morgan fingerprint density at radius 2 is 2.12 bits per heavy atom. The van der Waals surface area contributed by atoms with Crippen LogP contribution in [0.4, 0.5) is 5.95 Å². The molecule has 0 unspecified atom stereocenters. The molecule has 6 heteroatoms. The van der Waals surface area contributed by atoms with Crippen LogP contribution in [-0.2, 0) is 11.3 Å². The molecule has 0 radical (unpaired) electrons. The van der Waals surface area contributed by atoms with Gasteiger partial charge in [0.15, 0.2) is 5.65 Å². The van der Waals surface area contributed by atoms with Gasteiger partial charge in [0.2, 0.25) is 11.8 Å². The van der Waals surface area contributed by atoms with Crippen LogP contribution < -0.4 is 10.5 Å². The van der Waals surface area contributed by atoms with Crippen molar-refractivity contribution in [2.24, 2.45) is 0 Å². The van der Waals surface area contributed by atoms with Gasteiger partial charge in [0.05, 0.1) is 7.11 Å². The summed E-state index contributed by atoms with van der Waals surface area (Å²) in [6.45, 7) is 1.42. The van der Waals surface area contributed by atoms with Crippen molar-refractivity contribution in [1.82, 2.24) is 14.5 Å². The number of hydrogen-bond donors (Lipinski definition) is 1. The number of hydrogen-bond acceptors (Lipinski definition) is 5. The maximum atomic E-state index is 5.86. The van der Waals surface area contributed by atoms with E-state index in [2.05, 4.69) is 9.97 Å². The molecule has 0 atom stereocenters. The van der Waals surface area contributed by atoms with E-state index in [-0.39, 0.29) is 0 Å². The third-order valence-electron chi connectivity index (χ3n) is 2.54. The zero-order chi connectivity index (χ0) is 12.3. The number of ether oxygens (including phenoxy) is 2. The highest BCUT2D eigenvalue weighted by Gasteiger charge is 2.10. The first-order chi connectivity index (χ1) is 8.26. The van der Waals surface area contributed by atoms with Crippen molar-refractivity contribution in [2.45, 2.75) is 13.0 Å². The highest BCUT2D eigenvalue weighted by Crippen LogP contribution is 2.19. The molecule has 0 fully saturated rings. The fourth-order valence-electron chi connectivity index (χ4n) is 1.70. The lowest BCUT2D eigenvalue weighted by Crippen LogP contribution is -2.06. The fraction of sp³-hybridized carbons (Fsp3) is 0.455. The number of pyridine rings is 1. The SMILES string of the molecule is COCCCn1c(N)nc2ccc(OC)nc21. The van der Waals surface area contributed by atoms with Gasteiger partial charge in [-0.25, -0.2) is 4.98 Å². The van der Waals surface area contributed by atoms with Gasteiger partial charge in [0, 0.05) is 26.3 Å². The Hall–Kier alpha value is -1.82. The highest BCUT2D eigenvalue weighted by atomic mass is 16.5. The van der Waals surface area contributed by atoms with E-state index in [1.165, 1.54) is 0 Å². The normalized spacial score (nSPS) is 10.9. The van der Waals surface area contributed by atoms with Crippen molar-refractivity contribution >= 4 is 17.1 Å². The molecule has 2 heterocycles. The summed E-state index contributed by atoms with van der Waals surface area (Å²) in [5.74, 6) is 1.03. The van der Waals surface area contributed by atoms with Gasteiger partial charge in [0.1, 0.15) is 5.52 Å². The quantitative estimate of drug-likeness (QED) is 0.785. The number of rotatable bonds is 5. The Labute approximate surface area is 99.4 Å². The first-order valence-electron chi connectivity index (χ1n) is 5.42. The number of anilines is 1. The lowest BCUT2D eigenvalue weighted by atomic mass is 10.4. The summed E-state index contributed by atoms with van der Waals surface area (Å²) < 4.78 is 12.0. The lowest BCUT2D eigenvalue weighted by Gasteiger charge is -2.05. The number of aromatic nitrogens is 3. The van der Waals surface area contributed by atoms with Gasteiger partial charge in [-0.3, -0.25) is 4.57 Å². The minimum atomic E-state index is 0.469. The van der Waals surface area contributed by atoms with Crippen molar-refractivity contribution in [3.63, 3.8) is 0 Å². The van der Waals surface area contributed by atoms with E-state index in [1.54, 1.807) is 20.3 Å². The average Bonchev–Trinajstić information content (AvgIpc) is 2.65. The smallest absolute Gasteiger partial charge is 0.215 e. The molecule has 0 saturated heterocycles. The van der Waals surface area contributed by atoms with Gasteiger partial charge in [-0.2, -0.15) is 4.98 Å². The first kappa shape index (κ1) is 11.7. The number of fused-ring (bicyclic) bond motifs is 1. The number of nitrogens with zero attached hydrogens (tertiary/aromatic N) is 3. The molecular formula is C11H16N4O2. The zero-order valence-corrected chi connectivity index (χ0v) is 10.0. The molecule has 17 heavy (non-hydrogen) atoms. The van der Waals surface area contributed by atoms with Crippen molar-refractivity contribution in [2.75, 3.05) is 26.6 Å². The van der Waals surface area contributed by atoms with Crippen LogP contribution in [0.15, 0.2) is 12.1 Å². The van der Waals surface area contributed by atoms with E-state index in [4.69, 9.17) is 15.2 Å². The van der Waals surface area contributed by atoms with E-state index < -0.39 is 0 Å². The van der Waals surface area contributed by atoms with E-state index in [0.717, 1.165) is 24.1 Å². The van der Waals surface area contributed by atoms with Crippen molar-refractivity contribution in [3.8, 4) is 5.88 Å². The molecule has 2 rings (SSSR count). The van der Waals surface area contributed by atoms with Gasteiger partial charge in [-0.05, 0) is 12.5 Å². The second-order valence-corrected chi connectivity index (χ2v) is 3.66. The highest BCUT2D eigenvalue weighted by molar-refractivity contribution is 5.74. The molecule has 0 bridgehead atoms. The predicted molar refractivity (Wildman–Crippen MR) is 65.0 cm³/mol. The summed E-state index contributed by atoms with van der Waals surface area (Å²) in [7, 11) is 3.26. The van der Waals surface area contributed by atoms with Gasteiger partial charge in [-0.1, -0.05) is 0 Å². The summed E-state index contributed by atoms with van der Waals surface area (Å²) >= 11 is 0. The minimum absolute atomic E-state index is 0.469. The summed E-state index contributed by atoms with van der Waals surface area (Å²) in [6.07, 6.45) is 0.866. The first-order valence-corrected chi connectivity index (χ1v) is 5.42. The van der Waals surface area contributed by atoms with Crippen molar-refractivity contribution in [1.29, 1.82) is 0 Å². The second-order valence-electron chi connectivity index (χ2n) is 3.66. The van der Waals surface area contributed by atoms with Crippen LogP contribution >= 0.6 is 0 Å². The van der Waals surface area contributed by atoms with Crippen LogP contribution in [0.5, 0.6) is 5.88 Å². The number of aryl methyl sites for hydroxylation is 1. The molecule has 0 amide bonds. The molecule has 0 spiro atoms. The van der Waals surface area contributed by atoms with Gasteiger partial charge < -0.3 is 15.2 Å². The van der Waals surface area contributed by atoms with E-state index in [0.29, 0.717) is 18.4 Å². The summed E-state index contributed by atoms with van der Waals surface area (Å²) in [4.78, 5) is 8.60. The van der Waals surface area contributed by atoms with Crippen molar-refractivity contribution < 1.29 is 9.47 Å². The van der Waals surface area contributed by atoms with Crippen LogP contribution in [0.3, 0.4) is 0 Å². The molecular weight excluding hydrogens is 220 g/mol. The Morgan fingerprint density at radius 3 is 2.82 bits per heavy atom. The monoisotopic (exact) mass is 236 g/mol. The van der Waals surface area contributed by atoms with Crippen molar-refractivity contribution in [3.05, 3.63) is 12.1 Å². The maximum Gasteiger partial charge on any atom is 0.215 e. The number of nitrogens with two attached hydrogens (primary N) is 1. The standard InChI is InChI=1S/C11H16N4O2/c1-16-7-3-6-15-10-8(13-11(15)12)4-5-9(14-10)17-2/h4-5H,3,6-7H2,1-2H3,(H2,12,13). The van der Waals surface area contributed by atoms with Gasteiger partial charge >= 0.3 is 0 Å². The molecule has 0 aliphatic rings. The van der Waals surface area contributed by atoms with E-state index in [1.807, 2.05) is 10.6 Å². The third-order valence-corrected chi connectivity index (χ3v) is 2.54. The summed E-state index contributed by atoms with van der Waals surface area (Å²) in [5.41, 5.74) is 7.38. The van der Waals surface area contributed by atoms with Crippen LogP contribution in [0.25, 0.3) is 11.2 Å². The molecule has 0 aliphatic carbocycles. The molecule has 6 nitrogen and oxygen atoms in total. The Balaban J connectivity index is 2.34. The second kappa shape index (κ2) is 5.01. The molecule has 2 N–H and O–H groups in total. The fourth-order valence-corrected chi connectivity index (χ4v) is 1.70. The number of nitrogen functional groups attached to an aromatic ring is 1. The average molecular weight is 236 g/mol. The van der Waals surface area contributed by atoms with Crippen LogP contribution in [0.2, 0.25) is 0 Å². The van der Waals surface area contributed by atoms with Gasteiger partial charge in [0.25, 0.3) is 0 Å². The molecule has 0 aliphatic heterocycles. The Morgan fingerprint density at radius 1 is 1.29 bits per heavy atom. The Kier molecular flexibility index (Phi) is 3.43. The summed E-state index contributed by atoms with van der Waals surface area (Å²) in [6, 6.07) is 3.62. The predicted octanol–water partition coefficient (Wildman–Crippen LogP) is 1.06. The van der Waals surface area contributed by atoms with Gasteiger partial charge in [-0.15, -0.1) is 0 Å². The third kappa shape index (κ3) is 2.31. The summed E-state index contributed by atoms with van der Waals surface area (Å²) in [5, 5.41) is 0. The topological polar surface area (TPSA) is 75.2 Å². The molecule has 2 aromatic heterocycles.